The molecule has 2 heteroatoms. The van der Waals surface area contributed by atoms with Gasteiger partial charge in [-0.25, -0.2) is 0 Å². The molecule has 0 saturated carbocycles. The van der Waals surface area contributed by atoms with E-state index in [1.165, 1.54) is 10.8 Å². The van der Waals surface area contributed by atoms with Crippen molar-refractivity contribution in [2.75, 3.05) is 6.61 Å². The van der Waals surface area contributed by atoms with Crippen molar-refractivity contribution in [3.63, 3.8) is 0 Å². The molecule has 0 fully saturated rings. The molecule has 0 saturated heterocycles. The molecule has 0 N–H and O–H groups in total. The molecule has 0 aromatic heterocycles. The van der Waals surface area contributed by atoms with E-state index in [1.807, 2.05) is 18.2 Å². The topological polar surface area (TPSA) is 21.6 Å². The Hall–Kier alpha value is -2.45. The van der Waals surface area contributed by atoms with Crippen LogP contribution in [-0.4, -0.2) is 12.3 Å². The van der Waals surface area contributed by atoms with Crippen molar-refractivity contribution in [3.8, 4) is 0 Å². The molecule has 4 rings (SSSR count). The number of rotatable bonds is 2. The summed E-state index contributed by atoms with van der Waals surface area (Å²) in [5.74, 6) is 0. The quantitative estimate of drug-likeness (QED) is 0.680. The number of ether oxygens (including phenoxy) is 1. The van der Waals surface area contributed by atoms with E-state index in [0.29, 0.717) is 6.61 Å². The van der Waals surface area contributed by atoms with Gasteiger partial charge in [-0.15, -0.1) is 0 Å². The van der Waals surface area contributed by atoms with E-state index in [0.717, 1.165) is 16.8 Å². The second-order valence-electron chi connectivity index (χ2n) is 5.17. The third kappa shape index (κ3) is 2.24. The molecule has 0 spiro atoms. The highest BCUT2D eigenvalue weighted by Crippen LogP contribution is 2.31. The second-order valence-corrected chi connectivity index (χ2v) is 5.17. The first-order chi connectivity index (χ1) is 10.4. The molecule has 1 atom stereocenters. The van der Waals surface area contributed by atoms with Gasteiger partial charge < -0.3 is 4.74 Å². The molecule has 1 aliphatic rings. The molecule has 1 unspecified atom stereocenters. The molecule has 3 aromatic carbocycles. The molecular weight excluding hydrogens is 258 g/mol. The number of hydrogen-bond donors (Lipinski definition) is 0. The van der Waals surface area contributed by atoms with E-state index >= 15 is 0 Å². The normalized spacial score (nSPS) is 17.9. The van der Waals surface area contributed by atoms with Crippen molar-refractivity contribution in [2.24, 2.45) is 4.99 Å². The first-order valence-corrected chi connectivity index (χ1v) is 7.13. The lowest BCUT2D eigenvalue weighted by atomic mass is 10.0. The Balaban J connectivity index is 1.76. The lowest BCUT2D eigenvalue weighted by Gasteiger charge is -2.10. The fourth-order valence-electron chi connectivity index (χ4n) is 2.79. The van der Waals surface area contributed by atoms with E-state index in [4.69, 9.17) is 9.73 Å². The van der Waals surface area contributed by atoms with E-state index in [2.05, 4.69) is 54.6 Å². The van der Waals surface area contributed by atoms with Crippen LogP contribution in [-0.2, 0) is 4.74 Å². The average Bonchev–Trinajstić information content (AvgIpc) is 3.05. The summed E-state index contributed by atoms with van der Waals surface area (Å²) < 4.78 is 5.91. The Morgan fingerprint density at radius 1 is 0.810 bits per heavy atom. The average molecular weight is 273 g/mol. The monoisotopic (exact) mass is 273 g/mol. The molecule has 3 aromatic rings. The Bertz CT molecular complexity index is 803. The van der Waals surface area contributed by atoms with Crippen molar-refractivity contribution in [3.05, 3.63) is 83.9 Å². The van der Waals surface area contributed by atoms with Crippen LogP contribution in [0.4, 0.5) is 0 Å². The molecule has 0 aliphatic carbocycles. The first kappa shape index (κ1) is 12.3. The number of fused-ring (bicyclic) bond motifs is 1. The van der Waals surface area contributed by atoms with Crippen LogP contribution >= 0.6 is 0 Å². The van der Waals surface area contributed by atoms with Crippen molar-refractivity contribution in [1.82, 2.24) is 0 Å². The number of benzene rings is 3. The Morgan fingerprint density at radius 2 is 1.57 bits per heavy atom. The van der Waals surface area contributed by atoms with Crippen molar-refractivity contribution in [1.29, 1.82) is 0 Å². The van der Waals surface area contributed by atoms with E-state index in [9.17, 15) is 0 Å². The summed E-state index contributed by atoms with van der Waals surface area (Å²) in [7, 11) is 0. The lowest BCUT2D eigenvalue weighted by Crippen LogP contribution is -2.02. The summed E-state index contributed by atoms with van der Waals surface area (Å²) in [5.41, 5.74) is 3.30. The highest BCUT2D eigenvalue weighted by molar-refractivity contribution is 6.02. The maximum Gasteiger partial charge on any atom is 0.175 e. The molecule has 0 radical (unpaired) electrons. The predicted octanol–water partition coefficient (Wildman–Crippen LogP) is 4.36. The Morgan fingerprint density at radius 3 is 2.48 bits per heavy atom. The zero-order valence-corrected chi connectivity index (χ0v) is 11.6. The maximum absolute atomic E-state index is 5.91. The van der Waals surface area contributed by atoms with Crippen LogP contribution in [0.1, 0.15) is 17.4 Å². The van der Waals surface area contributed by atoms with Crippen LogP contribution in [0.2, 0.25) is 0 Å². The summed E-state index contributed by atoms with van der Waals surface area (Å²) in [6.07, 6.45) is -0.202. The Kier molecular flexibility index (Phi) is 3.02. The molecule has 21 heavy (non-hydrogen) atoms. The van der Waals surface area contributed by atoms with Gasteiger partial charge in [0.1, 0.15) is 0 Å². The van der Waals surface area contributed by atoms with Crippen LogP contribution in [0.5, 0.6) is 0 Å². The largest absolute Gasteiger partial charge is 0.346 e. The van der Waals surface area contributed by atoms with Crippen molar-refractivity contribution >= 4 is 16.5 Å². The zero-order chi connectivity index (χ0) is 14.1. The van der Waals surface area contributed by atoms with Crippen LogP contribution in [0.25, 0.3) is 10.8 Å². The van der Waals surface area contributed by atoms with Gasteiger partial charge >= 0.3 is 0 Å². The fraction of sp³-hybridized carbons (Fsp3) is 0.105. The highest BCUT2D eigenvalue weighted by atomic mass is 16.5. The van der Waals surface area contributed by atoms with E-state index < -0.39 is 0 Å². The Labute approximate surface area is 123 Å². The number of nitrogens with zero attached hydrogens (tertiary/aromatic N) is 1. The number of aliphatic imine (C=N–C) groups is 1. The smallest absolute Gasteiger partial charge is 0.175 e. The molecule has 1 aliphatic heterocycles. The van der Waals surface area contributed by atoms with Gasteiger partial charge in [-0.05, 0) is 16.3 Å². The molecule has 0 amide bonds. The first-order valence-electron chi connectivity index (χ1n) is 7.13. The highest BCUT2D eigenvalue weighted by Gasteiger charge is 2.21. The van der Waals surface area contributed by atoms with E-state index in [-0.39, 0.29) is 6.23 Å². The van der Waals surface area contributed by atoms with Gasteiger partial charge in [-0.1, -0.05) is 72.8 Å². The minimum atomic E-state index is -0.202. The summed E-state index contributed by atoms with van der Waals surface area (Å²) in [5, 5.41) is 2.44. The van der Waals surface area contributed by atoms with Gasteiger partial charge in [-0.3, -0.25) is 4.99 Å². The molecule has 1 heterocycles. The summed E-state index contributed by atoms with van der Waals surface area (Å²) in [6.45, 7) is 0.567. The minimum absolute atomic E-state index is 0.202. The van der Waals surface area contributed by atoms with E-state index in [1.54, 1.807) is 0 Å². The fourth-order valence-corrected chi connectivity index (χ4v) is 2.79. The van der Waals surface area contributed by atoms with Crippen LogP contribution in [0.3, 0.4) is 0 Å². The molecule has 0 bridgehead atoms. The van der Waals surface area contributed by atoms with Gasteiger partial charge in [0.25, 0.3) is 0 Å². The minimum Gasteiger partial charge on any atom is -0.346 e. The van der Waals surface area contributed by atoms with Crippen LogP contribution in [0, 0.1) is 0 Å². The molecule has 102 valence electrons. The third-order valence-electron chi connectivity index (χ3n) is 3.85. The summed E-state index contributed by atoms with van der Waals surface area (Å²) in [6, 6.07) is 24.9. The molecular formula is C19H15NO. The van der Waals surface area contributed by atoms with Gasteiger partial charge in [0, 0.05) is 5.56 Å². The zero-order valence-electron chi connectivity index (χ0n) is 11.6. The summed E-state index contributed by atoms with van der Waals surface area (Å²) in [4.78, 5) is 4.77. The van der Waals surface area contributed by atoms with Crippen LogP contribution in [0.15, 0.2) is 77.8 Å². The SMILES string of the molecule is c1ccc(C2=NC(c3cccc4ccccc34)OC2)cc1. The number of hydrogen-bond acceptors (Lipinski definition) is 2. The van der Waals surface area contributed by atoms with Gasteiger partial charge in [0.15, 0.2) is 6.23 Å². The van der Waals surface area contributed by atoms with Gasteiger partial charge in [0.05, 0.1) is 12.3 Å². The van der Waals surface area contributed by atoms with Gasteiger partial charge in [-0.2, -0.15) is 0 Å². The standard InChI is InChI=1S/C19H15NO/c1-2-8-15(9-3-1)18-13-21-19(20-18)17-12-6-10-14-7-4-5-11-16(14)17/h1-12,19H,13H2. The third-order valence-corrected chi connectivity index (χ3v) is 3.85. The second kappa shape index (κ2) is 5.15. The maximum atomic E-state index is 5.91. The predicted molar refractivity (Wildman–Crippen MR) is 85.6 cm³/mol. The van der Waals surface area contributed by atoms with Gasteiger partial charge in [0.2, 0.25) is 0 Å². The van der Waals surface area contributed by atoms with Crippen LogP contribution < -0.4 is 0 Å². The lowest BCUT2D eigenvalue weighted by molar-refractivity contribution is 0.111. The summed E-state index contributed by atoms with van der Waals surface area (Å²) >= 11 is 0. The van der Waals surface area contributed by atoms with Crippen molar-refractivity contribution < 1.29 is 4.74 Å². The molecule has 2 nitrogen and oxygen atoms in total. The van der Waals surface area contributed by atoms with Crippen molar-refractivity contribution in [2.45, 2.75) is 6.23 Å².